The van der Waals surface area contributed by atoms with Crippen LogP contribution in [0.15, 0.2) is 78.5 Å². The SMILES string of the molecule is COc1ccc(N2C(=O)C3C(C2=O)C(C(=O)c2ccccc2)N2C=CC(C#N)=CC32)cc1. The molecule has 4 atom stereocenters. The number of ether oxygens (including phenoxy) is 1. The number of imide groups is 1. The molecule has 3 heterocycles. The van der Waals surface area contributed by atoms with E-state index in [-0.39, 0.29) is 11.7 Å². The number of ketones is 1. The summed E-state index contributed by atoms with van der Waals surface area (Å²) in [4.78, 5) is 43.5. The van der Waals surface area contributed by atoms with Crippen molar-refractivity contribution in [1.29, 1.82) is 5.26 Å². The van der Waals surface area contributed by atoms with E-state index in [0.717, 1.165) is 4.90 Å². The van der Waals surface area contributed by atoms with Crippen LogP contribution in [0.4, 0.5) is 5.69 Å². The molecular weight excluding hydrogens is 406 g/mol. The molecule has 0 spiro atoms. The lowest BCUT2D eigenvalue weighted by Gasteiger charge is -2.32. The molecule has 0 bridgehead atoms. The summed E-state index contributed by atoms with van der Waals surface area (Å²) in [5.41, 5.74) is 1.31. The maximum atomic E-state index is 13.6. The van der Waals surface area contributed by atoms with Gasteiger partial charge in [-0.05, 0) is 36.4 Å². The average Bonchev–Trinajstić information content (AvgIpc) is 3.31. The van der Waals surface area contributed by atoms with Crippen LogP contribution in [0.3, 0.4) is 0 Å². The number of carbonyl (C=O) groups excluding carboxylic acids is 3. The van der Waals surface area contributed by atoms with E-state index >= 15 is 0 Å². The molecule has 2 aromatic rings. The molecule has 158 valence electrons. The molecule has 32 heavy (non-hydrogen) atoms. The van der Waals surface area contributed by atoms with Crippen LogP contribution in [0.2, 0.25) is 0 Å². The van der Waals surface area contributed by atoms with E-state index in [1.54, 1.807) is 71.8 Å². The highest BCUT2D eigenvalue weighted by atomic mass is 16.5. The maximum absolute atomic E-state index is 13.6. The van der Waals surface area contributed by atoms with Gasteiger partial charge >= 0.3 is 0 Å². The van der Waals surface area contributed by atoms with E-state index in [9.17, 15) is 19.6 Å². The van der Waals surface area contributed by atoms with Crippen molar-refractivity contribution in [2.24, 2.45) is 11.8 Å². The van der Waals surface area contributed by atoms with Gasteiger partial charge in [0.2, 0.25) is 11.8 Å². The number of methoxy groups -OCH3 is 1. The number of benzene rings is 2. The largest absolute Gasteiger partial charge is 0.497 e. The Morgan fingerprint density at radius 3 is 2.34 bits per heavy atom. The Labute approximate surface area is 184 Å². The van der Waals surface area contributed by atoms with Gasteiger partial charge in [-0.25, -0.2) is 4.90 Å². The van der Waals surface area contributed by atoms with E-state index in [4.69, 9.17) is 4.74 Å². The van der Waals surface area contributed by atoms with Gasteiger partial charge in [0.1, 0.15) is 11.8 Å². The summed E-state index contributed by atoms with van der Waals surface area (Å²) in [5, 5.41) is 9.37. The van der Waals surface area contributed by atoms with Crippen molar-refractivity contribution in [3.05, 3.63) is 84.1 Å². The van der Waals surface area contributed by atoms with Gasteiger partial charge in [0.25, 0.3) is 0 Å². The lowest BCUT2D eigenvalue weighted by atomic mass is 9.86. The second-order valence-corrected chi connectivity index (χ2v) is 7.92. The van der Waals surface area contributed by atoms with Gasteiger partial charge in [-0.1, -0.05) is 30.3 Å². The van der Waals surface area contributed by atoms with Gasteiger partial charge in [0.05, 0.1) is 42.3 Å². The molecule has 2 amide bonds. The molecule has 5 rings (SSSR count). The predicted octanol–water partition coefficient (Wildman–Crippen LogP) is 2.71. The highest BCUT2D eigenvalue weighted by Gasteiger charge is 2.63. The quantitative estimate of drug-likeness (QED) is 0.553. The van der Waals surface area contributed by atoms with Crippen LogP contribution in [0, 0.1) is 23.2 Å². The summed E-state index contributed by atoms with van der Waals surface area (Å²) in [7, 11) is 1.54. The van der Waals surface area contributed by atoms with Gasteiger partial charge in [-0.15, -0.1) is 0 Å². The minimum absolute atomic E-state index is 0.223. The number of carbonyl (C=O) groups is 3. The third-order valence-electron chi connectivity index (χ3n) is 6.33. The Morgan fingerprint density at radius 2 is 1.69 bits per heavy atom. The predicted molar refractivity (Wildman–Crippen MR) is 115 cm³/mol. The molecule has 0 N–H and O–H groups in total. The van der Waals surface area contributed by atoms with Crippen LogP contribution in [-0.4, -0.2) is 41.7 Å². The van der Waals surface area contributed by atoms with Crippen LogP contribution >= 0.6 is 0 Å². The van der Waals surface area contributed by atoms with Gasteiger partial charge in [-0.3, -0.25) is 14.4 Å². The van der Waals surface area contributed by atoms with E-state index in [1.165, 1.54) is 7.11 Å². The lowest BCUT2D eigenvalue weighted by molar-refractivity contribution is -0.123. The molecule has 0 aliphatic carbocycles. The Bertz CT molecular complexity index is 1210. The monoisotopic (exact) mass is 425 g/mol. The Kier molecular flexibility index (Phi) is 4.63. The third kappa shape index (κ3) is 2.84. The fourth-order valence-electron chi connectivity index (χ4n) is 4.88. The van der Waals surface area contributed by atoms with E-state index in [2.05, 4.69) is 6.07 Å². The smallest absolute Gasteiger partial charge is 0.240 e. The summed E-state index contributed by atoms with van der Waals surface area (Å²) in [6, 6.07) is 16.1. The molecule has 4 unspecified atom stereocenters. The molecule has 7 heteroatoms. The number of Topliss-reactive ketones (excluding diaryl/α,β-unsaturated/α-hetero) is 1. The molecule has 3 aliphatic rings. The number of amides is 2. The summed E-state index contributed by atoms with van der Waals surface area (Å²) < 4.78 is 5.17. The standard InChI is InChI=1S/C25H19N3O4/c1-32-18-9-7-17(8-10-18)28-24(30)20-19-13-15(14-26)11-12-27(19)22(21(20)25(28)31)23(29)16-5-3-2-4-6-16/h2-13,19-22H,1H3. The Balaban J connectivity index is 1.59. The maximum Gasteiger partial charge on any atom is 0.240 e. The highest BCUT2D eigenvalue weighted by molar-refractivity contribution is 6.24. The first-order chi connectivity index (χ1) is 15.5. The molecule has 0 radical (unpaired) electrons. The van der Waals surface area contributed by atoms with Crippen molar-refractivity contribution < 1.29 is 19.1 Å². The molecule has 0 saturated carbocycles. The Hall–Kier alpha value is -4.18. The third-order valence-corrected chi connectivity index (χ3v) is 6.33. The summed E-state index contributed by atoms with van der Waals surface area (Å²) >= 11 is 0. The number of hydrogen-bond acceptors (Lipinski definition) is 6. The van der Waals surface area contributed by atoms with Crippen molar-refractivity contribution in [1.82, 2.24) is 4.90 Å². The molecule has 2 fully saturated rings. The summed E-state index contributed by atoms with van der Waals surface area (Å²) in [6.45, 7) is 0. The first-order valence-corrected chi connectivity index (χ1v) is 10.2. The van der Waals surface area contributed by atoms with Gasteiger partial charge in [0.15, 0.2) is 5.78 Å². The lowest BCUT2D eigenvalue weighted by Crippen LogP contribution is -2.46. The number of anilines is 1. The van der Waals surface area contributed by atoms with Gasteiger partial charge < -0.3 is 9.64 Å². The van der Waals surface area contributed by atoms with E-state index in [1.807, 2.05) is 6.07 Å². The van der Waals surface area contributed by atoms with Crippen LogP contribution in [-0.2, 0) is 9.59 Å². The van der Waals surface area contributed by atoms with E-state index in [0.29, 0.717) is 22.6 Å². The number of nitriles is 1. The highest BCUT2D eigenvalue weighted by Crippen LogP contribution is 2.47. The molecule has 3 aliphatic heterocycles. The summed E-state index contributed by atoms with van der Waals surface area (Å²) in [5.74, 6) is -1.99. The molecule has 7 nitrogen and oxygen atoms in total. The molecule has 2 aromatic carbocycles. The topological polar surface area (TPSA) is 90.7 Å². The molecule has 2 saturated heterocycles. The van der Waals surface area contributed by atoms with Crippen molar-refractivity contribution in [3.63, 3.8) is 0 Å². The fraction of sp³-hybridized carbons (Fsp3) is 0.200. The fourth-order valence-corrected chi connectivity index (χ4v) is 4.88. The zero-order valence-electron chi connectivity index (χ0n) is 17.2. The number of nitrogens with zero attached hydrogens (tertiary/aromatic N) is 3. The van der Waals surface area contributed by atoms with Crippen LogP contribution in [0.25, 0.3) is 0 Å². The first-order valence-electron chi connectivity index (χ1n) is 10.2. The number of rotatable bonds is 4. The second-order valence-electron chi connectivity index (χ2n) is 7.92. The average molecular weight is 425 g/mol. The minimum Gasteiger partial charge on any atom is -0.497 e. The zero-order chi connectivity index (χ0) is 22.4. The minimum atomic E-state index is -0.846. The van der Waals surface area contributed by atoms with E-state index < -0.39 is 29.8 Å². The molecular formula is C25H19N3O4. The number of fused-ring (bicyclic) bond motifs is 3. The van der Waals surface area contributed by atoms with Crippen molar-refractivity contribution in [2.45, 2.75) is 12.1 Å². The van der Waals surface area contributed by atoms with Gasteiger partial charge in [-0.2, -0.15) is 5.26 Å². The summed E-state index contributed by atoms with van der Waals surface area (Å²) in [6.07, 6.45) is 4.95. The van der Waals surface area contributed by atoms with Crippen LogP contribution in [0.1, 0.15) is 10.4 Å². The number of allylic oxidation sites excluding steroid dienone is 2. The first kappa shape index (κ1) is 19.8. The Morgan fingerprint density at radius 1 is 1.00 bits per heavy atom. The van der Waals surface area contributed by atoms with Crippen LogP contribution < -0.4 is 9.64 Å². The normalized spacial score (nSPS) is 25.8. The zero-order valence-corrected chi connectivity index (χ0v) is 17.2. The van der Waals surface area contributed by atoms with Crippen molar-refractivity contribution >= 4 is 23.3 Å². The van der Waals surface area contributed by atoms with Crippen molar-refractivity contribution in [3.8, 4) is 11.8 Å². The second kappa shape index (κ2) is 7.50. The molecule has 0 aromatic heterocycles. The van der Waals surface area contributed by atoms with Crippen LogP contribution in [0.5, 0.6) is 5.75 Å². The number of hydrogen-bond donors (Lipinski definition) is 0. The van der Waals surface area contributed by atoms with Gasteiger partial charge in [0, 0.05) is 11.8 Å². The van der Waals surface area contributed by atoms with Crippen molar-refractivity contribution in [2.75, 3.05) is 12.0 Å².